The second-order valence-electron chi connectivity index (χ2n) is 5.19. The van der Waals surface area contributed by atoms with Gasteiger partial charge in [-0.3, -0.25) is 0 Å². The summed E-state index contributed by atoms with van der Waals surface area (Å²) in [6, 6.07) is 13.2. The van der Waals surface area contributed by atoms with Gasteiger partial charge < -0.3 is 9.67 Å². The molecule has 1 N–H and O–H groups in total. The second-order valence-corrected chi connectivity index (χ2v) is 6.10. The van der Waals surface area contributed by atoms with E-state index in [9.17, 15) is 18.3 Å². The Bertz CT molecular complexity index is 857. The molecule has 7 heteroatoms. The minimum Gasteiger partial charge on any atom is -0.508 e. The average molecular weight is 397 g/mol. The van der Waals surface area contributed by atoms with E-state index >= 15 is 0 Å². The fraction of sp³-hybridized carbons (Fsp3) is 0.118. The lowest BCUT2D eigenvalue weighted by atomic mass is 10.1. The molecular weight excluding hydrogens is 385 g/mol. The van der Waals surface area contributed by atoms with Gasteiger partial charge in [0.1, 0.15) is 17.3 Å². The van der Waals surface area contributed by atoms with E-state index in [2.05, 4.69) is 20.9 Å². The van der Waals surface area contributed by atoms with Crippen molar-refractivity contribution in [3.8, 4) is 17.1 Å². The Morgan fingerprint density at radius 3 is 2.33 bits per heavy atom. The summed E-state index contributed by atoms with van der Waals surface area (Å²) in [6.07, 6.45) is -3.72. The lowest BCUT2D eigenvalue weighted by Crippen LogP contribution is -2.15. The molecule has 0 amide bonds. The first kappa shape index (κ1) is 16.6. The van der Waals surface area contributed by atoms with Crippen LogP contribution in [0.4, 0.5) is 13.2 Å². The highest BCUT2D eigenvalue weighted by atomic mass is 79.9. The molecule has 3 nitrogen and oxygen atoms in total. The van der Waals surface area contributed by atoms with Gasteiger partial charge in [0.05, 0.1) is 12.7 Å². The van der Waals surface area contributed by atoms with Crippen LogP contribution in [0.2, 0.25) is 0 Å². The van der Waals surface area contributed by atoms with Crippen molar-refractivity contribution in [1.29, 1.82) is 0 Å². The van der Waals surface area contributed by atoms with Gasteiger partial charge >= 0.3 is 6.18 Å². The van der Waals surface area contributed by atoms with E-state index < -0.39 is 11.9 Å². The highest BCUT2D eigenvalue weighted by Gasteiger charge is 2.36. The Labute approximate surface area is 144 Å². The zero-order valence-corrected chi connectivity index (χ0v) is 13.8. The van der Waals surface area contributed by atoms with Crippen LogP contribution >= 0.6 is 15.9 Å². The summed E-state index contributed by atoms with van der Waals surface area (Å²) in [6.45, 7) is -0.132. The van der Waals surface area contributed by atoms with Crippen molar-refractivity contribution < 1.29 is 18.3 Å². The maximum atomic E-state index is 13.3. The van der Waals surface area contributed by atoms with E-state index in [1.165, 1.54) is 6.07 Å². The fourth-order valence-corrected chi connectivity index (χ4v) is 2.67. The summed E-state index contributed by atoms with van der Waals surface area (Å²) in [5, 5.41) is 9.88. The molecule has 0 bridgehead atoms. The summed E-state index contributed by atoms with van der Waals surface area (Å²) in [5.41, 5.74) is 0.0900. The van der Waals surface area contributed by atoms with Crippen LogP contribution in [-0.2, 0) is 12.7 Å². The minimum absolute atomic E-state index is 0.0546. The monoisotopic (exact) mass is 396 g/mol. The van der Waals surface area contributed by atoms with Crippen LogP contribution in [0.3, 0.4) is 0 Å². The van der Waals surface area contributed by atoms with Gasteiger partial charge in [0, 0.05) is 15.6 Å². The Morgan fingerprint density at radius 2 is 1.71 bits per heavy atom. The molecule has 0 saturated carbocycles. The Hall–Kier alpha value is -2.28. The molecule has 24 heavy (non-hydrogen) atoms. The van der Waals surface area contributed by atoms with Gasteiger partial charge in [-0.1, -0.05) is 46.3 Å². The Morgan fingerprint density at radius 1 is 1.04 bits per heavy atom. The van der Waals surface area contributed by atoms with Gasteiger partial charge in [-0.05, 0) is 18.2 Å². The van der Waals surface area contributed by atoms with E-state index in [0.717, 1.165) is 15.2 Å². The minimum atomic E-state index is -4.54. The molecule has 0 aliphatic heterocycles. The maximum absolute atomic E-state index is 13.3. The lowest BCUT2D eigenvalue weighted by molar-refractivity contribution is -0.143. The number of phenols is 1. The number of alkyl halides is 3. The molecule has 3 rings (SSSR count). The zero-order chi connectivity index (χ0) is 17.3. The number of aromatic nitrogens is 2. The number of nitrogens with zero attached hydrogens (tertiary/aromatic N) is 2. The van der Waals surface area contributed by atoms with Gasteiger partial charge in [0.2, 0.25) is 0 Å². The summed E-state index contributed by atoms with van der Waals surface area (Å²) >= 11 is 3.30. The topological polar surface area (TPSA) is 38.0 Å². The molecule has 0 atom stereocenters. The molecular formula is C17H12BrF3N2O. The lowest BCUT2D eigenvalue weighted by Gasteiger charge is -2.15. The third-order valence-electron chi connectivity index (χ3n) is 3.57. The van der Waals surface area contributed by atoms with Crippen LogP contribution in [0.1, 0.15) is 11.3 Å². The van der Waals surface area contributed by atoms with Crippen LogP contribution in [0, 0.1) is 0 Å². The standard InChI is InChI=1S/C17H12BrF3N2O/c18-13-7-5-11(6-8-13)16-22-9-15(17(19,20)21)23(16)10-12-3-1-2-4-14(12)24/h1-9,24H,10H2. The van der Waals surface area contributed by atoms with E-state index in [1.54, 1.807) is 42.5 Å². The number of phenolic OH excluding ortho intramolecular Hbond substituents is 1. The number of hydrogen-bond acceptors (Lipinski definition) is 2. The van der Waals surface area contributed by atoms with Crippen LogP contribution in [0.5, 0.6) is 5.75 Å². The molecule has 0 saturated heterocycles. The highest BCUT2D eigenvalue weighted by Crippen LogP contribution is 2.34. The molecule has 0 aliphatic carbocycles. The molecule has 3 aromatic rings. The maximum Gasteiger partial charge on any atom is 0.433 e. The van der Waals surface area contributed by atoms with Gasteiger partial charge in [0.25, 0.3) is 0 Å². The first-order valence-electron chi connectivity index (χ1n) is 7.02. The number of rotatable bonds is 3. The number of benzene rings is 2. The first-order chi connectivity index (χ1) is 11.4. The SMILES string of the molecule is Oc1ccccc1Cn1c(C(F)(F)F)cnc1-c1ccc(Br)cc1. The number of halogens is 4. The molecule has 0 unspecified atom stereocenters. The third kappa shape index (κ3) is 3.31. The number of imidazole rings is 1. The van der Waals surface area contributed by atoms with Crippen molar-refractivity contribution >= 4 is 15.9 Å². The van der Waals surface area contributed by atoms with E-state index in [4.69, 9.17) is 0 Å². The van der Waals surface area contributed by atoms with Gasteiger partial charge in [-0.15, -0.1) is 0 Å². The molecule has 124 valence electrons. The molecule has 1 aromatic heterocycles. The van der Waals surface area contributed by atoms with Crippen molar-refractivity contribution in [2.75, 3.05) is 0 Å². The molecule has 0 fully saturated rings. The van der Waals surface area contributed by atoms with Crippen molar-refractivity contribution in [2.24, 2.45) is 0 Å². The van der Waals surface area contributed by atoms with E-state index in [-0.39, 0.29) is 18.1 Å². The molecule has 2 aromatic carbocycles. The molecule has 0 aliphatic rings. The van der Waals surface area contributed by atoms with Crippen molar-refractivity contribution in [3.05, 3.63) is 70.5 Å². The number of aromatic hydroxyl groups is 1. The Balaban J connectivity index is 2.12. The van der Waals surface area contributed by atoms with Gasteiger partial charge in [-0.2, -0.15) is 13.2 Å². The summed E-state index contributed by atoms with van der Waals surface area (Å²) in [4.78, 5) is 3.95. The fourth-order valence-electron chi connectivity index (χ4n) is 2.41. The van der Waals surface area contributed by atoms with Crippen LogP contribution in [-0.4, -0.2) is 14.7 Å². The quantitative estimate of drug-likeness (QED) is 0.669. The van der Waals surface area contributed by atoms with E-state index in [1.807, 2.05) is 0 Å². The second kappa shape index (κ2) is 6.32. The third-order valence-corrected chi connectivity index (χ3v) is 4.10. The first-order valence-corrected chi connectivity index (χ1v) is 7.81. The molecule has 0 spiro atoms. The largest absolute Gasteiger partial charge is 0.508 e. The van der Waals surface area contributed by atoms with E-state index in [0.29, 0.717) is 11.1 Å². The average Bonchev–Trinajstić information content (AvgIpc) is 2.94. The van der Waals surface area contributed by atoms with Gasteiger partial charge in [-0.25, -0.2) is 4.98 Å². The van der Waals surface area contributed by atoms with Crippen LogP contribution in [0.25, 0.3) is 11.4 Å². The predicted octanol–water partition coefficient (Wildman–Crippen LogP) is 5.09. The van der Waals surface area contributed by atoms with Crippen molar-refractivity contribution in [1.82, 2.24) is 9.55 Å². The van der Waals surface area contributed by atoms with Crippen molar-refractivity contribution in [2.45, 2.75) is 12.7 Å². The summed E-state index contributed by atoms with van der Waals surface area (Å²) < 4.78 is 41.8. The summed E-state index contributed by atoms with van der Waals surface area (Å²) in [7, 11) is 0. The van der Waals surface area contributed by atoms with Crippen LogP contribution < -0.4 is 0 Å². The van der Waals surface area contributed by atoms with Crippen LogP contribution in [0.15, 0.2) is 59.2 Å². The Kier molecular flexibility index (Phi) is 4.36. The van der Waals surface area contributed by atoms with Gasteiger partial charge in [0.15, 0.2) is 0 Å². The number of hydrogen-bond donors (Lipinski definition) is 1. The predicted molar refractivity (Wildman–Crippen MR) is 87.6 cm³/mol. The summed E-state index contributed by atoms with van der Waals surface area (Å²) in [5.74, 6) is 0.138. The molecule has 0 radical (unpaired) electrons. The zero-order valence-electron chi connectivity index (χ0n) is 12.3. The smallest absolute Gasteiger partial charge is 0.433 e. The highest BCUT2D eigenvalue weighted by molar-refractivity contribution is 9.10. The van der Waals surface area contributed by atoms with Crippen molar-refractivity contribution in [3.63, 3.8) is 0 Å². The molecule has 1 heterocycles. The normalized spacial score (nSPS) is 11.7. The number of para-hydroxylation sites is 1.